The lowest BCUT2D eigenvalue weighted by atomic mass is 9.63. The molecule has 6 heteroatoms. The molecule has 0 aromatic rings. The largest absolute Gasteiger partial charge is 0.455 e. The van der Waals surface area contributed by atoms with Crippen molar-refractivity contribution in [1.29, 1.82) is 0 Å². The molecule has 0 unspecified atom stereocenters. The lowest BCUT2D eigenvalue weighted by Crippen LogP contribution is -2.45. The predicted molar refractivity (Wildman–Crippen MR) is 123 cm³/mol. The first kappa shape index (κ1) is 26.3. The summed E-state index contributed by atoms with van der Waals surface area (Å²) in [5, 5.41) is 10.5. The Morgan fingerprint density at radius 1 is 1.19 bits per heavy atom. The molecule has 8 atom stereocenters. The maximum Gasteiger partial charge on any atom is 0.331 e. The minimum atomic E-state index is -1.01. The third-order valence-corrected chi connectivity index (χ3v) is 7.40. The Kier molecular flexibility index (Phi) is 8.86. The molecular weight excluding hydrogens is 408 g/mol. The molecule has 1 N–H and O–H groups in total. The maximum absolute atomic E-state index is 13.4. The van der Waals surface area contributed by atoms with Gasteiger partial charge in [0.2, 0.25) is 0 Å². The molecule has 32 heavy (non-hydrogen) atoms. The molecule has 0 aromatic carbocycles. The summed E-state index contributed by atoms with van der Waals surface area (Å²) in [7, 11) is 0. The van der Waals surface area contributed by atoms with Gasteiger partial charge in [0.1, 0.15) is 6.10 Å². The fourth-order valence-electron chi connectivity index (χ4n) is 5.14. The zero-order valence-electron chi connectivity index (χ0n) is 20.6. The monoisotopic (exact) mass is 448 g/mol. The topological polar surface area (TPSA) is 89.9 Å². The number of hydrogen-bond donors (Lipinski definition) is 1. The second-order valence-electron chi connectivity index (χ2n) is 9.93. The highest BCUT2D eigenvalue weighted by atomic mass is 16.6. The molecule has 2 aliphatic carbocycles. The fourth-order valence-corrected chi connectivity index (χ4v) is 5.14. The molecule has 2 saturated carbocycles. The maximum atomic E-state index is 13.4. The lowest BCUT2D eigenvalue weighted by Gasteiger charge is -2.44. The van der Waals surface area contributed by atoms with Gasteiger partial charge in [-0.2, -0.15) is 0 Å². The van der Waals surface area contributed by atoms with E-state index in [1.54, 1.807) is 13.8 Å². The van der Waals surface area contributed by atoms with Crippen LogP contribution in [0.15, 0.2) is 23.8 Å². The molecule has 0 amide bonds. The molecule has 0 aliphatic heterocycles. The van der Waals surface area contributed by atoms with Crippen LogP contribution >= 0.6 is 0 Å². The Labute approximate surface area is 192 Å². The molecule has 2 fully saturated rings. The van der Waals surface area contributed by atoms with Gasteiger partial charge < -0.3 is 14.6 Å². The second kappa shape index (κ2) is 10.8. The summed E-state index contributed by atoms with van der Waals surface area (Å²) >= 11 is 0. The van der Waals surface area contributed by atoms with E-state index < -0.39 is 42.1 Å². The molecule has 2 aliphatic rings. The van der Waals surface area contributed by atoms with Crippen molar-refractivity contribution in [3.63, 3.8) is 0 Å². The summed E-state index contributed by atoms with van der Waals surface area (Å²) < 4.78 is 11.5. The van der Waals surface area contributed by atoms with Crippen LogP contribution in [0.25, 0.3) is 0 Å². The van der Waals surface area contributed by atoms with Crippen LogP contribution in [0.2, 0.25) is 0 Å². The zero-order valence-corrected chi connectivity index (χ0v) is 20.6. The van der Waals surface area contributed by atoms with Gasteiger partial charge in [0, 0.05) is 12.0 Å². The number of Topliss-reactive ketones (excluding diaryl/α,β-unsaturated/α-hetero) is 1. The first-order valence-electron chi connectivity index (χ1n) is 11.9. The highest BCUT2D eigenvalue weighted by Crippen LogP contribution is 2.54. The van der Waals surface area contributed by atoms with E-state index in [0.717, 1.165) is 12.0 Å². The van der Waals surface area contributed by atoms with Gasteiger partial charge in [-0.1, -0.05) is 46.8 Å². The van der Waals surface area contributed by atoms with E-state index in [4.69, 9.17) is 9.47 Å². The first-order valence-corrected chi connectivity index (χ1v) is 11.9. The number of ketones is 1. The van der Waals surface area contributed by atoms with Gasteiger partial charge in [-0.05, 0) is 56.4 Å². The van der Waals surface area contributed by atoms with Crippen molar-refractivity contribution >= 4 is 17.7 Å². The Balaban J connectivity index is 2.44. The number of rotatable bonds is 8. The van der Waals surface area contributed by atoms with Gasteiger partial charge in [-0.25, -0.2) is 4.79 Å². The van der Waals surface area contributed by atoms with E-state index in [-0.39, 0.29) is 29.5 Å². The Bertz CT molecular complexity index is 764. The minimum Gasteiger partial charge on any atom is -0.455 e. The van der Waals surface area contributed by atoms with Crippen LogP contribution in [0.5, 0.6) is 0 Å². The van der Waals surface area contributed by atoms with E-state index in [0.29, 0.717) is 18.4 Å². The molecule has 0 bridgehead atoms. The number of carbonyl (C=O) groups is 3. The van der Waals surface area contributed by atoms with Gasteiger partial charge in [-0.15, -0.1) is 0 Å². The molecule has 0 spiro atoms. The fraction of sp³-hybridized carbons (Fsp3) is 0.731. The molecule has 0 saturated heterocycles. The summed E-state index contributed by atoms with van der Waals surface area (Å²) in [5.41, 5.74) is 1.52. The van der Waals surface area contributed by atoms with Crippen molar-refractivity contribution in [3.8, 4) is 0 Å². The van der Waals surface area contributed by atoms with E-state index in [2.05, 4.69) is 20.4 Å². The number of hydrogen-bond acceptors (Lipinski definition) is 6. The Hall–Kier alpha value is -1.95. The van der Waals surface area contributed by atoms with E-state index in [1.165, 1.54) is 6.08 Å². The number of ether oxygens (including phenoxy) is 2. The highest BCUT2D eigenvalue weighted by molar-refractivity contribution is 5.92. The van der Waals surface area contributed by atoms with Crippen LogP contribution < -0.4 is 0 Å². The molecule has 180 valence electrons. The number of esters is 2. The average molecular weight is 449 g/mol. The smallest absolute Gasteiger partial charge is 0.331 e. The van der Waals surface area contributed by atoms with Crippen LogP contribution in [0.4, 0.5) is 0 Å². The van der Waals surface area contributed by atoms with Gasteiger partial charge in [0.05, 0.1) is 17.9 Å². The molecule has 2 rings (SSSR count). The number of aliphatic hydroxyl groups excluding tert-OH is 1. The van der Waals surface area contributed by atoms with Crippen LogP contribution in [-0.4, -0.2) is 41.1 Å². The summed E-state index contributed by atoms with van der Waals surface area (Å²) in [5.74, 6) is -2.59. The van der Waals surface area contributed by atoms with Crippen molar-refractivity contribution in [1.82, 2.24) is 0 Å². The molecule has 0 heterocycles. The third-order valence-electron chi connectivity index (χ3n) is 7.40. The van der Waals surface area contributed by atoms with Gasteiger partial charge in [0.25, 0.3) is 0 Å². The van der Waals surface area contributed by atoms with Gasteiger partial charge in [0.15, 0.2) is 11.9 Å². The predicted octanol–water partition coefficient (Wildman–Crippen LogP) is 4.26. The standard InChI is InChI=1S/C26H40O6/c1-9-14(5)11-20(28)31-19-12-18(13(3)4)23-21(16(19)7)25(24(29)22(23)17(8)27)32-26(30)15(6)10-2/h11,13,15,17-19,21-23,25,27H,7,9-10,12H2,1-6,8H3/b14-11+/t15-,17-,18+,19-,21+,22-,23+,25+/m1/s1. The second-order valence-corrected chi connectivity index (χ2v) is 9.93. The minimum absolute atomic E-state index is 0.00963. The van der Waals surface area contributed by atoms with E-state index in [9.17, 15) is 19.5 Å². The van der Waals surface area contributed by atoms with Crippen molar-refractivity contribution in [2.24, 2.45) is 35.5 Å². The zero-order chi connectivity index (χ0) is 24.3. The van der Waals surface area contributed by atoms with Crippen LogP contribution in [0.3, 0.4) is 0 Å². The van der Waals surface area contributed by atoms with Crippen LogP contribution in [0, 0.1) is 35.5 Å². The van der Waals surface area contributed by atoms with Gasteiger partial charge >= 0.3 is 11.9 Å². The molecule has 0 radical (unpaired) electrons. The van der Waals surface area contributed by atoms with Crippen molar-refractivity contribution in [2.75, 3.05) is 0 Å². The SMILES string of the molecule is C=C1[C@H]2[C@@H]([C@@H]([C@@H](C)O)C(=O)[C@H]2OC(=O)[C@H](C)CC)[C@H](C(C)C)C[C@H]1OC(=O)/C=C(\C)CC. The van der Waals surface area contributed by atoms with E-state index >= 15 is 0 Å². The number of allylic oxidation sites excluding steroid dienone is 1. The molecule has 6 nitrogen and oxygen atoms in total. The van der Waals surface area contributed by atoms with Crippen molar-refractivity contribution < 1.29 is 29.0 Å². The lowest BCUT2D eigenvalue weighted by molar-refractivity contribution is -0.161. The molecular formula is C26H40O6. The number of carbonyl (C=O) groups excluding carboxylic acids is 3. The molecule has 0 aromatic heterocycles. The summed E-state index contributed by atoms with van der Waals surface area (Å²) in [6, 6.07) is 0. The van der Waals surface area contributed by atoms with Crippen LogP contribution in [-0.2, 0) is 23.9 Å². The number of aliphatic hydroxyl groups is 1. The van der Waals surface area contributed by atoms with Gasteiger partial charge in [-0.3, -0.25) is 9.59 Å². The highest BCUT2D eigenvalue weighted by Gasteiger charge is 2.60. The Morgan fingerprint density at radius 3 is 2.31 bits per heavy atom. The summed E-state index contributed by atoms with van der Waals surface area (Å²) in [6.45, 7) is 17.5. The summed E-state index contributed by atoms with van der Waals surface area (Å²) in [6.07, 6.45) is 0.926. The van der Waals surface area contributed by atoms with Crippen molar-refractivity contribution in [3.05, 3.63) is 23.8 Å². The quantitative estimate of drug-likeness (QED) is 0.339. The van der Waals surface area contributed by atoms with E-state index in [1.807, 2.05) is 20.8 Å². The van der Waals surface area contributed by atoms with Crippen LogP contribution in [0.1, 0.15) is 67.7 Å². The number of fused-ring (bicyclic) bond motifs is 1. The first-order chi connectivity index (χ1) is 14.9. The normalized spacial score (nSPS) is 32.5. The third kappa shape index (κ3) is 5.33. The Morgan fingerprint density at radius 2 is 1.81 bits per heavy atom. The average Bonchev–Trinajstić information content (AvgIpc) is 3.01. The summed E-state index contributed by atoms with van der Waals surface area (Å²) in [4.78, 5) is 38.5. The van der Waals surface area contributed by atoms with Crippen molar-refractivity contribution in [2.45, 2.75) is 86.0 Å².